The van der Waals surface area contributed by atoms with E-state index in [1.807, 2.05) is 0 Å². The number of aliphatic carboxylic acids is 1. The van der Waals surface area contributed by atoms with Gasteiger partial charge in [0.25, 0.3) is 0 Å². The first-order chi connectivity index (χ1) is 15.5. The van der Waals surface area contributed by atoms with Gasteiger partial charge in [0.05, 0.1) is 14.2 Å². The monoisotopic (exact) mass is 486 g/mol. The van der Waals surface area contributed by atoms with Crippen LogP contribution in [0.15, 0.2) is 0 Å². The molecule has 2 atom stereocenters. The lowest BCUT2D eigenvalue weighted by Gasteiger charge is -2.55. The Hall–Kier alpha value is -1.81. The Morgan fingerprint density at radius 2 is 1.58 bits per heavy atom. The summed E-state index contributed by atoms with van der Waals surface area (Å²) in [6.45, 7) is 0.900. The molecule has 0 saturated heterocycles. The lowest BCUT2D eigenvalue weighted by molar-refractivity contribution is -0.158. The molecule has 0 spiro atoms. The number of amides is 1. The summed E-state index contributed by atoms with van der Waals surface area (Å²) in [6.07, 6.45) is 8.34. The molecule has 1 amide bonds. The van der Waals surface area contributed by atoms with Crippen molar-refractivity contribution in [1.29, 1.82) is 0 Å². The third-order valence-corrected chi connectivity index (χ3v) is 7.62. The van der Waals surface area contributed by atoms with Crippen LogP contribution in [0.2, 0.25) is 0 Å². The minimum atomic E-state index is -1.27. The van der Waals surface area contributed by atoms with Crippen LogP contribution in [0.5, 0.6) is 0 Å². The molecule has 4 bridgehead atoms. The Bertz CT molecular complexity index is 694. The van der Waals surface area contributed by atoms with E-state index in [1.54, 1.807) is 6.92 Å². The summed E-state index contributed by atoms with van der Waals surface area (Å²) in [5.74, 6) is -0.496. The Morgan fingerprint density at radius 3 is 1.94 bits per heavy atom. The molecule has 4 fully saturated rings. The summed E-state index contributed by atoms with van der Waals surface area (Å²) in [5.41, 5.74) is 6.62. The molecule has 33 heavy (non-hydrogen) atoms. The number of carbonyl (C=O) groups is 4. The third kappa shape index (κ3) is 7.60. The zero-order valence-corrected chi connectivity index (χ0v) is 20.7. The number of carboxylic acids is 1. The van der Waals surface area contributed by atoms with Gasteiger partial charge in [0, 0.05) is 23.6 Å². The van der Waals surface area contributed by atoms with Gasteiger partial charge in [-0.2, -0.15) is 12.6 Å². The van der Waals surface area contributed by atoms with Crippen LogP contribution in [0.3, 0.4) is 0 Å². The van der Waals surface area contributed by atoms with E-state index in [-0.39, 0.29) is 18.6 Å². The van der Waals surface area contributed by atoms with Crippen molar-refractivity contribution in [3.8, 4) is 0 Å². The Morgan fingerprint density at radius 1 is 1.06 bits per heavy atom. The SMILES string of the molecule is COC(=O)CC[C@@H](C(=O)OC)N(CC(=O)O)C(=O)C(C)CS.NC12CC3CC(CC(C3)C1)C2. The number of ether oxygens (including phenoxy) is 2. The number of carbonyl (C=O) groups excluding carboxylic acids is 3. The molecule has 4 saturated carbocycles. The number of nitrogens with zero attached hydrogens (tertiary/aromatic N) is 1. The smallest absolute Gasteiger partial charge is 0.328 e. The summed E-state index contributed by atoms with van der Waals surface area (Å²) < 4.78 is 9.09. The molecule has 0 aromatic carbocycles. The molecule has 0 heterocycles. The first-order valence-electron chi connectivity index (χ1n) is 11.6. The molecule has 4 aliphatic carbocycles. The van der Waals surface area contributed by atoms with Crippen molar-refractivity contribution in [2.45, 2.75) is 69.9 Å². The molecule has 188 valence electrons. The number of carboxylic acid groups (broad SMARTS) is 1. The summed E-state index contributed by atoms with van der Waals surface area (Å²) in [7, 11) is 2.32. The number of thiol groups is 1. The normalized spacial score (nSPS) is 28.7. The number of hydrogen-bond acceptors (Lipinski definition) is 8. The average molecular weight is 487 g/mol. The highest BCUT2D eigenvalue weighted by Gasteiger charge is 2.48. The second kappa shape index (κ2) is 12.1. The highest BCUT2D eigenvalue weighted by atomic mass is 32.1. The van der Waals surface area contributed by atoms with Crippen molar-refractivity contribution in [1.82, 2.24) is 4.90 Å². The summed E-state index contributed by atoms with van der Waals surface area (Å²) in [5, 5.41) is 8.96. The number of nitrogens with two attached hydrogens (primary N) is 1. The van der Waals surface area contributed by atoms with Crippen LogP contribution < -0.4 is 5.73 Å². The zero-order chi connectivity index (χ0) is 24.8. The van der Waals surface area contributed by atoms with Gasteiger partial charge in [-0.1, -0.05) is 6.92 Å². The topological polar surface area (TPSA) is 136 Å². The van der Waals surface area contributed by atoms with E-state index in [4.69, 9.17) is 10.8 Å². The number of hydrogen-bond donors (Lipinski definition) is 3. The molecule has 3 N–H and O–H groups in total. The Kier molecular flexibility index (Phi) is 10.0. The minimum absolute atomic E-state index is 0.0857. The highest BCUT2D eigenvalue weighted by molar-refractivity contribution is 7.80. The summed E-state index contributed by atoms with van der Waals surface area (Å²) in [6, 6.07) is -1.17. The first-order valence-corrected chi connectivity index (χ1v) is 12.2. The van der Waals surface area contributed by atoms with Crippen LogP contribution in [0, 0.1) is 23.7 Å². The quantitative estimate of drug-likeness (QED) is 0.332. The predicted molar refractivity (Wildman–Crippen MR) is 125 cm³/mol. The predicted octanol–water partition coefficient (Wildman–Crippen LogP) is 1.87. The molecule has 10 heteroatoms. The van der Waals surface area contributed by atoms with Crippen molar-refractivity contribution in [2.24, 2.45) is 29.4 Å². The van der Waals surface area contributed by atoms with Gasteiger partial charge in [-0.05, 0) is 62.7 Å². The van der Waals surface area contributed by atoms with E-state index in [0.29, 0.717) is 5.54 Å². The molecule has 1 unspecified atom stereocenters. The molecule has 9 nitrogen and oxygen atoms in total. The van der Waals surface area contributed by atoms with E-state index in [9.17, 15) is 19.2 Å². The number of esters is 2. The van der Waals surface area contributed by atoms with Crippen molar-refractivity contribution < 1.29 is 33.8 Å². The molecule has 0 radical (unpaired) electrons. The fraction of sp³-hybridized carbons (Fsp3) is 0.826. The van der Waals surface area contributed by atoms with E-state index >= 15 is 0 Å². The molecule has 4 aliphatic rings. The maximum absolute atomic E-state index is 12.3. The fourth-order valence-corrected chi connectivity index (χ4v) is 6.08. The molecular formula is C23H38N2O7S. The Labute approximate surface area is 201 Å². The number of rotatable bonds is 9. The minimum Gasteiger partial charge on any atom is -0.480 e. The van der Waals surface area contributed by atoms with Gasteiger partial charge < -0.3 is 25.2 Å². The second-order valence-corrected chi connectivity index (χ2v) is 10.2. The lowest BCUT2D eigenvalue weighted by atomic mass is 9.53. The van der Waals surface area contributed by atoms with Gasteiger partial charge >= 0.3 is 17.9 Å². The van der Waals surface area contributed by atoms with Gasteiger partial charge in [0.2, 0.25) is 5.91 Å². The van der Waals surface area contributed by atoms with Gasteiger partial charge in [0.15, 0.2) is 0 Å². The van der Waals surface area contributed by atoms with Crippen molar-refractivity contribution in [2.75, 3.05) is 26.5 Å². The molecule has 0 aromatic heterocycles. The van der Waals surface area contributed by atoms with E-state index in [0.717, 1.165) is 29.8 Å². The van der Waals surface area contributed by atoms with Gasteiger partial charge in [-0.15, -0.1) is 0 Å². The largest absolute Gasteiger partial charge is 0.480 e. The summed E-state index contributed by atoms with van der Waals surface area (Å²) >= 11 is 4.00. The fourth-order valence-electron chi connectivity index (χ4n) is 5.92. The van der Waals surface area contributed by atoms with Gasteiger partial charge in [-0.25, -0.2) is 4.79 Å². The van der Waals surface area contributed by atoms with Crippen molar-refractivity contribution in [3.05, 3.63) is 0 Å². The van der Waals surface area contributed by atoms with E-state index in [1.165, 1.54) is 45.6 Å². The van der Waals surface area contributed by atoms with Crippen LogP contribution in [-0.2, 0) is 28.7 Å². The molecule has 0 aromatic rings. The number of methoxy groups -OCH3 is 2. The standard InChI is InChI=1S/C13H21NO7S.C10H17N/c1-8(7-22)12(18)14(6-10(15)16)9(13(19)21-3)4-5-11(17)20-2;11-10-4-7-1-8(5-10)3-9(2-7)6-10/h8-9,22H,4-7H2,1-3H3,(H,15,16);7-9H,1-6,11H2/t8?,9-;/m0./s1. The first kappa shape index (κ1) is 27.4. The van der Waals surface area contributed by atoms with Crippen LogP contribution >= 0.6 is 12.6 Å². The van der Waals surface area contributed by atoms with Crippen LogP contribution in [0.4, 0.5) is 0 Å². The maximum Gasteiger partial charge on any atom is 0.328 e. The van der Waals surface area contributed by atoms with Crippen LogP contribution in [0.1, 0.15) is 58.3 Å². The molecule has 4 rings (SSSR count). The summed E-state index contributed by atoms with van der Waals surface area (Å²) in [4.78, 5) is 47.3. The third-order valence-electron chi connectivity index (χ3n) is 7.07. The van der Waals surface area contributed by atoms with Crippen molar-refractivity contribution >= 4 is 36.4 Å². The lowest BCUT2D eigenvalue weighted by Crippen LogP contribution is -2.55. The van der Waals surface area contributed by atoms with Crippen molar-refractivity contribution in [3.63, 3.8) is 0 Å². The Balaban J connectivity index is 0.000000283. The highest BCUT2D eigenvalue weighted by Crippen LogP contribution is 2.54. The molecule has 0 aliphatic heterocycles. The van der Waals surface area contributed by atoms with E-state index in [2.05, 4.69) is 22.1 Å². The zero-order valence-electron chi connectivity index (χ0n) is 19.8. The maximum atomic E-state index is 12.3. The average Bonchev–Trinajstić information content (AvgIpc) is 2.75. The van der Waals surface area contributed by atoms with Crippen LogP contribution in [0.25, 0.3) is 0 Å². The molecular weight excluding hydrogens is 448 g/mol. The van der Waals surface area contributed by atoms with Crippen LogP contribution in [-0.4, -0.2) is 71.9 Å². The van der Waals surface area contributed by atoms with Gasteiger partial charge in [0.1, 0.15) is 12.6 Å². The van der Waals surface area contributed by atoms with Gasteiger partial charge in [-0.3, -0.25) is 14.4 Å². The second-order valence-electron chi connectivity index (χ2n) is 9.88. The van der Waals surface area contributed by atoms with E-state index < -0.39 is 42.3 Å².